The minimum atomic E-state index is -3.90. The van der Waals surface area contributed by atoms with E-state index in [4.69, 9.17) is 10.5 Å². The van der Waals surface area contributed by atoms with E-state index >= 15 is 0 Å². The number of carbonyl (C=O) groups is 2. The zero-order chi connectivity index (χ0) is 20.5. The molecule has 1 aliphatic heterocycles. The second-order valence-corrected chi connectivity index (χ2v) is 9.02. The minimum absolute atomic E-state index is 0.0898. The average molecular weight is 429 g/mol. The number of nitrogens with zero attached hydrogens (tertiary/aromatic N) is 1. The summed E-state index contributed by atoms with van der Waals surface area (Å²) in [5, 5.41) is 12.0. The third-order valence-corrected chi connectivity index (χ3v) is 7.37. The Morgan fingerprint density at radius 2 is 1.89 bits per heavy atom. The van der Waals surface area contributed by atoms with E-state index in [9.17, 15) is 27.5 Å². The number of primary amides is 1. The van der Waals surface area contributed by atoms with Gasteiger partial charge in [0.05, 0.1) is 24.3 Å². The van der Waals surface area contributed by atoms with Crippen LogP contribution in [0.4, 0.5) is 9.39 Å². The average Bonchev–Trinajstić information content (AvgIpc) is 3.07. The van der Waals surface area contributed by atoms with Crippen LogP contribution in [-0.4, -0.2) is 55.9 Å². The van der Waals surface area contributed by atoms with Crippen LogP contribution in [0.5, 0.6) is 5.75 Å². The van der Waals surface area contributed by atoms with Gasteiger partial charge in [-0.25, -0.2) is 12.8 Å². The van der Waals surface area contributed by atoms with Gasteiger partial charge in [0, 0.05) is 19.2 Å². The molecule has 1 aromatic heterocycles. The molecular weight excluding hydrogens is 413 g/mol. The molecule has 0 radical (unpaired) electrons. The number of anilines is 1. The van der Waals surface area contributed by atoms with Crippen molar-refractivity contribution < 1.29 is 32.2 Å². The van der Waals surface area contributed by atoms with Crippen LogP contribution in [0.2, 0.25) is 0 Å². The number of hydrogen-bond acceptors (Lipinski definition) is 7. The molecule has 4 N–H and O–H groups in total. The molecule has 2 heterocycles. The lowest BCUT2D eigenvalue weighted by molar-refractivity contribution is 0.0731. The number of carbonyl (C=O) groups excluding carboxylic acids is 2. The van der Waals surface area contributed by atoms with Crippen molar-refractivity contribution in [2.24, 2.45) is 5.73 Å². The van der Waals surface area contributed by atoms with Gasteiger partial charge < -0.3 is 20.9 Å². The van der Waals surface area contributed by atoms with E-state index in [1.807, 2.05) is 0 Å². The predicted molar refractivity (Wildman–Crippen MR) is 98.4 cm³/mol. The fourth-order valence-corrected chi connectivity index (χ4v) is 5.48. The summed E-state index contributed by atoms with van der Waals surface area (Å²) in [6.07, 6.45) is 0. The summed E-state index contributed by atoms with van der Waals surface area (Å²) in [5.74, 6) is -3.12. The van der Waals surface area contributed by atoms with Crippen molar-refractivity contribution in [2.45, 2.75) is 4.21 Å². The molecule has 150 valence electrons. The van der Waals surface area contributed by atoms with Gasteiger partial charge in [-0.2, -0.15) is 4.31 Å². The molecule has 2 amide bonds. The van der Waals surface area contributed by atoms with Gasteiger partial charge in [-0.1, -0.05) is 0 Å². The number of ether oxygens (including phenoxy) is 1. The van der Waals surface area contributed by atoms with Gasteiger partial charge in [0.15, 0.2) is 0 Å². The van der Waals surface area contributed by atoms with E-state index in [1.54, 1.807) is 0 Å². The number of phenolic OH excluding ortho intramolecular Hbond substituents is 1. The summed E-state index contributed by atoms with van der Waals surface area (Å²) >= 11 is 0.662. The molecule has 0 atom stereocenters. The fourth-order valence-electron chi connectivity index (χ4n) is 2.55. The quantitative estimate of drug-likeness (QED) is 0.647. The van der Waals surface area contributed by atoms with Crippen molar-refractivity contribution >= 4 is 38.2 Å². The van der Waals surface area contributed by atoms with E-state index in [-0.39, 0.29) is 46.6 Å². The molecule has 0 unspecified atom stereocenters. The van der Waals surface area contributed by atoms with E-state index in [0.717, 1.165) is 24.3 Å². The highest BCUT2D eigenvalue weighted by molar-refractivity contribution is 7.91. The summed E-state index contributed by atoms with van der Waals surface area (Å²) in [6, 6.07) is 3.89. The first-order chi connectivity index (χ1) is 13.2. The second kappa shape index (κ2) is 7.83. The molecular formula is C16H16FN3O6S2. The Morgan fingerprint density at radius 3 is 2.50 bits per heavy atom. The first-order valence-electron chi connectivity index (χ1n) is 8.01. The van der Waals surface area contributed by atoms with Crippen LogP contribution in [0, 0.1) is 5.82 Å². The monoisotopic (exact) mass is 429 g/mol. The Kier molecular flexibility index (Phi) is 5.65. The van der Waals surface area contributed by atoms with Gasteiger partial charge in [0.1, 0.15) is 20.8 Å². The van der Waals surface area contributed by atoms with Crippen LogP contribution >= 0.6 is 11.3 Å². The second-order valence-electron chi connectivity index (χ2n) is 5.80. The number of rotatable bonds is 5. The number of nitrogens with one attached hydrogen (secondary N) is 1. The molecule has 2 aromatic rings. The maximum atomic E-state index is 13.1. The number of morpholine rings is 1. The Morgan fingerprint density at radius 1 is 1.21 bits per heavy atom. The normalized spacial score (nSPS) is 15.3. The third-order valence-electron chi connectivity index (χ3n) is 3.97. The van der Waals surface area contributed by atoms with Crippen molar-refractivity contribution in [1.29, 1.82) is 0 Å². The molecule has 9 nitrogen and oxygen atoms in total. The molecule has 12 heteroatoms. The molecule has 1 aromatic carbocycles. The number of sulfonamides is 1. The van der Waals surface area contributed by atoms with Crippen molar-refractivity contribution in [1.82, 2.24) is 4.31 Å². The molecule has 0 aliphatic carbocycles. The van der Waals surface area contributed by atoms with Crippen LogP contribution in [0.25, 0.3) is 0 Å². The Hall–Kier alpha value is -2.54. The lowest BCUT2D eigenvalue weighted by Gasteiger charge is -2.25. The van der Waals surface area contributed by atoms with Crippen LogP contribution in [0.1, 0.15) is 20.7 Å². The van der Waals surface area contributed by atoms with Crippen LogP contribution in [0.3, 0.4) is 0 Å². The molecule has 0 bridgehead atoms. The van der Waals surface area contributed by atoms with Crippen molar-refractivity contribution in [3.63, 3.8) is 0 Å². The molecule has 1 fully saturated rings. The first-order valence-corrected chi connectivity index (χ1v) is 10.3. The summed E-state index contributed by atoms with van der Waals surface area (Å²) in [7, 11) is -3.90. The van der Waals surface area contributed by atoms with Crippen LogP contribution in [0.15, 0.2) is 28.5 Å². The standard InChI is InChI=1S/C16H16FN3O6S2/c17-9-1-2-10(12(21)7-9)15(23)19-16-11(14(18)22)8-13(27-16)28(24,25)20-3-5-26-6-4-20/h1-2,7-8,21H,3-6H2,(H2,18,22)(H,19,23). The van der Waals surface area contributed by atoms with Crippen LogP contribution in [-0.2, 0) is 14.8 Å². The van der Waals surface area contributed by atoms with E-state index in [1.165, 1.54) is 4.31 Å². The number of thiophene rings is 1. The lowest BCUT2D eigenvalue weighted by Crippen LogP contribution is -2.40. The Bertz CT molecular complexity index is 1030. The number of halogens is 1. The number of aromatic hydroxyl groups is 1. The van der Waals surface area contributed by atoms with Gasteiger partial charge >= 0.3 is 0 Å². The fraction of sp³-hybridized carbons (Fsp3) is 0.250. The maximum Gasteiger partial charge on any atom is 0.260 e. The van der Waals surface area contributed by atoms with Gasteiger partial charge in [-0.3, -0.25) is 9.59 Å². The number of nitrogens with two attached hydrogens (primary N) is 1. The van der Waals surface area contributed by atoms with E-state index in [0.29, 0.717) is 11.3 Å². The molecule has 1 saturated heterocycles. The number of hydrogen-bond donors (Lipinski definition) is 3. The minimum Gasteiger partial charge on any atom is -0.507 e. The Balaban J connectivity index is 1.93. The highest BCUT2D eigenvalue weighted by atomic mass is 32.2. The summed E-state index contributed by atoms with van der Waals surface area (Å²) in [5.41, 5.74) is 4.87. The van der Waals surface area contributed by atoms with Gasteiger partial charge in [-0.05, 0) is 18.2 Å². The highest BCUT2D eigenvalue weighted by Gasteiger charge is 2.30. The maximum absolute atomic E-state index is 13.1. The molecule has 1 aliphatic rings. The number of benzene rings is 1. The largest absolute Gasteiger partial charge is 0.507 e. The molecule has 28 heavy (non-hydrogen) atoms. The summed E-state index contributed by atoms with van der Waals surface area (Å²) < 4.78 is 44.8. The van der Waals surface area contributed by atoms with Gasteiger partial charge in [0.2, 0.25) is 0 Å². The van der Waals surface area contributed by atoms with Crippen LogP contribution < -0.4 is 11.1 Å². The number of phenols is 1. The van der Waals surface area contributed by atoms with Crippen molar-refractivity contribution in [2.75, 3.05) is 31.6 Å². The van der Waals surface area contributed by atoms with Crippen molar-refractivity contribution in [3.05, 3.63) is 41.2 Å². The highest BCUT2D eigenvalue weighted by Crippen LogP contribution is 2.34. The summed E-state index contributed by atoms with van der Waals surface area (Å²) in [4.78, 5) is 24.1. The third kappa shape index (κ3) is 3.99. The van der Waals surface area contributed by atoms with E-state index < -0.39 is 33.4 Å². The first kappa shape index (κ1) is 20.2. The zero-order valence-corrected chi connectivity index (χ0v) is 16.0. The Labute approximate surface area is 163 Å². The van der Waals surface area contributed by atoms with Gasteiger partial charge in [0.25, 0.3) is 21.8 Å². The smallest absolute Gasteiger partial charge is 0.260 e. The zero-order valence-electron chi connectivity index (χ0n) is 14.3. The predicted octanol–water partition coefficient (Wildman–Crippen LogP) is 0.965. The lowest BCUT2D eigenvalue weighted by atomic mass is 10.2. The summed E-state index contributed by atoms with van der Waals surface area (Å²) in [6.45, 7) is 0.829. The van der Waals surface area contributed by atoms with E-state index in [2.05, 4.69) is 5.32 Å². The van der Waals surface area contributed by atoms with Crippen molar-refractivity contribution in [3.8, 4) is 5.75 Å². The molecule has 0 saturated carbocycles. The van der Waals surface area contributed by atoms with Gasteiger partial charge in [-0.15, -0.1) is 11.3 Å². The SMILES string of the molecule is NC(=O)c1cc(S(=O)(=O)N2CCOCC2)sc1NC(=O)c1ccc(F)cc1O. The topological polar surface area (TPSA) is 139 Å². The number of amides is 2. The molecule has 0 spiro atoms. The molecule has 3 rings (SSSR count).